The van der Waals surface area contributed by atoms with Gasteiger partial charge < -0.3 is 9.72 Å². The number of anilines is 1. The molecule has 0 atom stereocenters. The molecule has 2 heterocycles. The number of hydrogen-bond donors (Lipinski definition) is 3. The Bertz CT molecular complexity index is 994. The van der Waals surface area contributed by atoms with E-state index in [0.717, 1.165) is 33.5 Å². The summed E-state index contributed by atoms with van der Waals surface area (Å²) in [5.74, 6) is -0.331. The second kappa shape index (κ2) is 8.41. The van der Waals surface area contributed by atoms with E-state index in [2.05, 4.69) is 31.0 Å². The van der Waals surface area contributed by atoms with Gasteiger partial charge in [-0.1, -0.05) is 29.5 Å². The number of benzene rings is 1. The first kappa shape index (κ1) is 18.5. The first-order valence-corrected chi connectivity index (χ1v) is 9.04. The summed E-state index contributed by atoms with van der Waals surface area (Å²) >= 11 is 1.10. The topological polar surface area (TPSA) is 121 Å². The normalized spacial score (nSPS) is 11.0. The van der Waals surface area contributed by atoms with Crippen molar-refractivity contribution in [3.63, 3.8) is 0 Å². The number of fused-ring (bicyclic) bond motifs is 1. The summed E-state index contributed by atoms with van der Waals surface area (Å²) in [5, 5.41) is 15.9. The van der Waals surface area contributed by atoms with Gasteiger partial charge in [0.2, 0.25) is 11.0 Å². The first-order valence-electron chi connectivity index (χ1n) is 8.22. The van der Waals surface area contributed by atoms with Crippen molar-refractivity contribution in [1.82, 2.24) is 20.6 Å². The minimum atomic E-state index is -0.608. The zero-order valence-corrected chi connectivity index (χ0v) is 15.6. The molecule has 140 valence electrons. The molecular weight excluding hydrogens is 368 g/mol. The molecule has 0 fully saturated rings. The molecule has 0 unspecified atom stereocenters. The predicted octanol–water partition coefficient (Wildman–Crippen LogP) is 2.59. The van der Waals surface area contributed by atoms with E-state index in [4.69, 9.17) is 4.74 Å². The van der Waals surface area contributed by atoms with Gasteiger partial charge in [0.15, 0.2) is 0 Å². The number of aromatic nitrogens is 3. The number of nitrogens with one attached hydrogen (secondary N) is 3. The van der Waals surface area contributed by atoms with E-state index in [1.54, 1.807) is 13.1 Å². The molecule has 2 amide bonds. The van der Waals surface area contributed by atoms with Crippen molar-refractivity contribution < 1.29 is 14.3 Å². The molecule has 1 aromatic carbocycles. The smallest absolute Gasteiger partial charge is 0.413 e. The van der Waals surface area contributed by atoms with E-state index in [1.807, 2.05) is 31.2 Å². The molecule has 0 radical (unpaired) electrons. The minimum absolute atomic E-state index is 0.00633. The van der Waals surface area contributed by atoms with Gasteiger partial charge in [0.05, 0.1) is 19.2 Å². The highest BCUT2D eigenvalue weighted by molar-refractivity contribution is 7.15. The van der Waals surface area contributed by atoms with E-state index in [9.17, 15) is 9.59 Å². The van der Waals surface area contributed by atoms with Crippen LogP contribution in [0.15, 0.2) is 29.4 Å². The molecular formula is C17H18N6O3S. The molecule has 0 aliphatic carbocycles. The van der Waals surface area contributed by atoms with Crippen molar-refractivity contribution in [3.8, 4) is 0 Å². The molecule has 27 heavy (non-hydrogen) atoms. The van der Waals surface area contributed by atoms with Gasteiger partial charge in [0.25, 0.3) is 0 Å². The van der Waals surface area contributed by atoms with Crippen LogP contribution in [0.1, 0.15) is 23.2 Å². The Balaban J connectivity index is 1.57. The third-order valence-electron chi connectivity index (χ3n) is 3.59. The first-order chi connectivity index (χ1) is 13.1. The van der Waals surface area contributed by atoms with Crippen molar-refractivity contribution in [3.05, 3.63) is 40.5 Å². The van der Waals surface area contributed by atoms with E-state index in [0.29, 0.717) is 5.01 Å². The Morgan fingerprint density at radius 3 is 2.96 bits per heavy atom. The number of para-hydroxylation sites is 1. The fraction of sp³-hybridized carbons (Fsp3) is 0.235. The van der Waals surface area contributed by atoms with Crippen LogP contribution in [-0.4, -0.2) is 40.0 Å². The summed E-state index contributed by atoms with van der Waals surface area (Å²) in [6.45, 7) is 3.91. The molecule has 9 nitrogen and oxygen atoms in total. The zero-order valence-electron chi connectivity index (χ0n) is 14.8. The van der Waals surface area contributed by atoms with Crippen LogP contribution in [0.3, 0.4) is 0 Å². The average Bonchev–Trinajstić information content (AvgIpc) is 3.19. The van der Waals surface area contributed by atoms with Crippen molar-refractivity contribution >= 4 is 45.6 Å². The lowest BCUT2D eigenvalue weighted by Crippen LogP contribution is -2.19. The number of nitrogens with zero attached hydrogens (tertiary/aromatic N) is 3. The van der Waals surface area contributed by atoms with Gasteiger partial charge in [-0.05, 0) is 19.9 Å². The second-order valence-electron chi connectivity index (χ2n) is 5.53. The Morgan fingerprint density at radius 1 is 1.33 bits per heavy atom. The Labute approximate surface area is 158 Å². The molecule has 0 aliphatic heterocycles. The average molecular weight is 386 g/mol. The number of rotatable bonds is 6. The number of aryl methyl sites for hydroxylation is 1. The lowest BCUT2D eigenvalue weighted by atomic mass is 10.1. The maximum atomic E-state index is 12.0. The maximum absolute atomic E-state index is 12.0. The van der Waals surface area contributed by atoms with Crippen LogP contribution in [0, 0.1) is 6.92 Å². The Hall–Kier alpha value is -3.27. The summed E-state index contributed by atoms with van der Waals surface area (Å²) in [4.78, 5) is 26.6. The van der Waals surface area contributed by atoms with Crippen molar-refractivity contribution in [2.75, 3.05) is 11.9 Å². The van der Waals surface area contributed by atoms with Gasteiger partial charge in [0.1, 0.15) is 5.01 Å². The van der Waals surface area contributed by atoms with Crippen LogP contribution in [0.2, 0.25) is 0 Å². The van der Waals surface area contributed by atoms with Crippen molar-refractivity contribution in [1.29, 1.82) is 0 Å². The van der Waals surface area contributed by atoms with Gasteiger partial charge in [-0.25, -0.2) is 10.2 Å². The standard InChI is InChI=1S/C17H18N6O3S/c1-3-26-17(25)20-16-23-22-15(27-16)8-14(24)21-18-9-12-10(2)19-13-7-5-4-6-11(12)13/h4-7,9,19H,3,8H2,1-2H3,(H,21,24)(H,20,23,25)/b18-9-. The lowest BCUT2D eigenvalue weighted by molar-refractivity contribution is -0.120. The number of hydrazone groups is 1. The van der Waals surface area contributed by atoms with Gasteiger partial charge >= 0.3 is 6.09 Å². The molecule has 3 rings (SSSR count). The second-order valence-corrected chi connectivity index (χ2v) is 6.59. The molecule has 3 N–H and O–H groups in total. The minimum Gasteiger partial charge on any atom is -0.450 e. The Kier molecular flexibility index (Phi) is 5.77. The van der Waals surface area contributed by atoms with Crippen LogP contribution in [0.5, 0.6) is 0 Å². The molecule has 3 aromatic rings. The molecule has 0 saturated heterocycles. The van der Waals surface area contributed by atoms with Crippen LogP contribution in [-0.2, 0) is 16.0 Å². The van der Waals surface area contributed by atoms with Crippen LogP contribution in [0.4, 0.5) is 9.93 Å². The van der Waals surface area contributed by atoms with Crippen LogP contribution >= 0.6 is 11.3 Å². The summed E-state index contributed by atoms with van der Waals surface area (Å²) in [5.41, 5.74) is 5.37. The third-order valence-corrected chi connectivity index (χ3v) is 4.43. The zero-order chi connectivity index (χ0) is 19.2. The van der Waals surface area contributed by atoms with Crippen LogP contribution in [0.25, 0.3) is 10.9 Å². The van der Waals surface area contributed by atoms with E-state index in [1.165, 1.54) is 0 Å². The lowest BCUT2D eigenvalue weighted by Gasteiger charge is -1.99. The number of hydrogen-bond acceptors (Lipinski definition) is 7. The molecule has 10 heteroatoms. The summed E-state index contributed by atoms with van der Waals surface area (Å²) in [6, 6.07) is 7.87. The number of aromatic amines is 1. The summed E-state index contributed by atoms with van der Waals surface area (Å²) < 4.78 is 4.75. The van der Waals surface area contributed by atoms with Crippen molar-refractivity contribution in [2.24, 2.45) is 5.10 Å². The number of ether oxygens (including phenoxy) is 1. The fourth-order valence-electron chi connectivity index (χ4n) is 2.44. The SMILES string of the molecule is CCOC(=O)Nc1nnc(CC(=O)N/N=C\c2c(C)[nH]c3ccccc23)s1. The van der Waals surface area contributed by atoms with Crippen molar-refractivity contribution in [2.45, 2.75) is 20.3 Å². The molecule has 0 saturated carbocycles. The third kappa shape index (κ3) is 4.67. The van der Waals surface area contributed by atoms with Crippen LogP contribution < -0.4 is 10.7 Å². The maximum Gasteiger partial charge on any atom is 0.413 e. The highest BCUT2D eigenvalue weighted by Crippen LogP contribution is 2.20. The highest BCUT2D eigenvalue weighted by Gasteiger charge is 2.11. The van der Waals surface area contributed by atoms with E-state index in [-0.39, 0.29) is 24.1 Å². The van der Waals surface area contributed by atoms with E-state index >= 15 is 0 Å². The number of carbonyl (C=O) groups is 2. The summed E-state index contributed by atoms with van der Waals surface area (Å²) in [6.07, 6.45) is 1.01. The number of amides is 2. The highest BCUT2D eigenvalue weighted by atomic mass is 32.1. The van der Waals surface area contributed by atoms with Gasteiger partial charge in [-0.3, -0.25) is 10.1 Å². The number of H-pyrrole nitrogens is 1. The summed E-state index contributed by atoms with van der Waals surface area (Å²) in [7, 11) is 0. The Morgan fingerprint density at radius 2 is 2.15 bits per heavy atom. The van der Waals surface area contributed by atoms with E-state index < -0.39 is 6.09 Å². The van der Waals surface area contributed by atoms with Gasteiger partial charge in [-0.2, -0.15) is 5.10 Å². The predicted molar refractivity (Wildman–Crippen MR) is 103 cm³/mol. The monoisotopic (exact) mass is 386 g/mol. The van der Waals surface area contributed by atoms with Gasteiger partial charge in [-0.15, -0.1) is 10.2 Å². The molecule has 0 bridgehead atoms. The molecule has 2 aromatic heterocycles. The fourth-order valence-corrected chi connectivity index (χ4v) is 3.16. The molecule has 0 aliphatic rings. The molecule has 0 spiro atoms. The van der Waals surface area contributed by atoms with Gasteiger partial charge in [0, 0.05) is 22.2 Å². The quantitative estimate of drug-likeness (QED) is 0.444. The largest absolute Gasteiger partial charge is 0.450 e. The number of carbonyl (C=O) groups excluding carboxylic acids is 2.